The van der Waals surface area contributed by atoms with E-state index in [9.17, 15) is 22.8 Å². The van der Waals surface area contributed by atoms with E-state index in [1.807, 2.05) is 20.8 Å². The van der Waals surface area contributed by atoms with E-state index >= 15 is 0 Å². The van der Waals surface area contributed by atoms with E-state index in [1.54, 1.807) is 0 Å². The number of carboxylic acids is 2. The third kappa shape index (κ3) is 2.99. The number of rotatable bonds is 5. The maximum Gasteiger partial charge on any atom is 0.339 e. The number of H-pyrrole nitrogens is 1. The SMILES string of the molecule is CCC(C)(C)c1c[nH]c(-c2c(F)c(F)c(C(=O)O)c(C(=O)O)c2F)c1. The topological polar surface area (TPSA) is 90.4 Å². The summed E-state index contributed by atoms with van der Waals surface area (Å²) in [5.74, 6) is -9.41. The molecule has 1 aromatic heterocycles. The fourth-order valence-electron chi connectivity index (χ4n) is 2.43. The summed E-state index contributed by atoms with van der Waals surface area (Å²) in [5, 5.41) is 18.0. The second-order valence-electron chi connectivity index (χ2n) is 6.22. The van der Waals surface area contributed by atoms with Gasteiger partial charge in [0.25, 0.3) is 0 Å². The van der Waals surface area contributed by atoms with Gasteiger partial charge < -0.3 is 15.2 Å². The summed E-state index contributed by atoms with van der Waals surface area (Å²) in [6.07, 6.45) is 2.20. The molecule has 0 unspecified atom stereocenters. The van der Waals surface area contributed by atoms with Crippen LogP contribution in [0, 0.1) is 17.5 Å². The van der Waals surface area contributed by atoms with Gasteiger partial charge in [-0.15, -0.1) is 0 Å². The molecule has 0 aliphatic rings. The first-order chi connectivity index (χ1) is 11.5. The van der Waals surface area contributed by atoms with Gasteiger partial charge >= 0.3 is 11.9 Å². The predicted molar refractivity (Wildman–Crippen MR) is 83.3 cm³/mol. The van der Waals surface area contributed by atoms with Crippen LogP contribution in [0.4, 0.5) is 13.2 Å². The van der Waals surface area contributed by atoms with Gasteiger partial charge in [-0.1, -0.05) is 20.8 Å². The first-order valence-corrected chi connectivity index (χ1v) is 7.39. The van der Waals surface area contributed by atoms with Crippen molar-refractivity contribution >= 4 is 11.9 Å². The summed E-state index contributed by atoms with van der Waals surface area (Å²) in [4.78, 5) is 24.8. The highest BCUT2D eigenvalue weighted by Gasteiger charge is 2.33. The van der Waals surface area contributed by atoms with Crippen molar-refractivity contribution in [3.8, 4) is 11.3 Å². The molecule has 0 radical (unpaired) electrons. The molecular weight excluding hydrogens is 339 g/mol. The number of hydrogen-bond donors (Lipinski definition) is 3. The van der Waals surface area contributed by atoms with Crippen molar-refractivity contribution in [2.24, 2.45) is 0 Å². The number of aromatic nitrogens is 1. The molecule has 3 N–H and O–H groups in total. The molecule has 2 rings (SSSR count). The van der Waals surface area contributed by atoms with Crippen molar-refractivity contribution in [3.63, 3.8) is 0 Å². The lowest BCUT2D eigenvalue weighted by Gasteiger charge is -2.20. The third-order valence-electron chi connectivity index (χ3n) is 4.37. The van der Waals surface area contributed by atoms with Crippen molar-refractivity contribution in [3.05, 3.63) is 46.4 Å². The number of aromatic carboxylic acids is 2. The Kier molecular flexibility index (Phi) is 4.66. The minimum absolute atomic E-state index is 0.176. The highest BCUT2D eigenvalue weighted by Crippen LogP contribution is 2.35. The molecule has 1 heterocycles. The molecule has 0 saturated carbocycles. The molecule has 0 aliphatic heterocycles. The average molecular weight is 355 g/mol. The molecule has 0 atom stereocenters. The largest absolute Gasteiger partial charge is 0.478 e. The smallest absolute Gasteiger partial charge is 0.339 e. The lowest BCUT2D eigenvalue weighted by atomic mass is 9.83. The van der Waals surface area contributed by atoms with E-state index in [-0.39, 0.29) is 11.1 Å². The summed E-state index contributed by atoms with van der Waals surface area (Å²) >= 11 is 0. The number of halogens is 3. The molecule has 134 valence electrons. The molecule has 5 nitrogen and oxygen atoms in total. The van der Waals surface area contributed by atoms with E-state index in [1.165, 1.54) is 12.3 Å². The van der Waals surface area contributed by atoms with Crippen molar-refractivity contribution in [2.45, 2.75) is 32.6 Å². The van der Waals surface area contributed by atoms with E-state index in [4.69, 9.17) is 10.2 Å². The molecule has 1 aromatic carbocycles. The Morgan fingerprint density at radius 2 is 1.56 bits per heavy atom. The second-order valence-corrected chi connectivity index (χ2v) is 6.22. The zero-order chi connectivity index (χ0) is 19.1. The van der Waals surface area contributed by atoms with E-state index in [2.05, 4.69) is 4.98 Å². The molecule has 0 bridgehead atoms. The van der Waals surface area contributed by atoms with Crippen LogP contribution in [0.15, 0.2) is 12.3 Å². The first-order valence-electron chi connectivity index (χ1n) is 7.39. The number of nitrogens with one attached hydrogen (secondary N) is 1. The van der Waals surface area contributed by atoms with Gasteiger partial charge in [0, 0.05) is 6.20 Å². The maximum absolute atomic E-state index is 14.6. The van der Waals surface area contributed by atoms with Gasteiger partial charge in [0.1, 0.15) is 11.1 Å². The molecule has 0 amide bonds. The predicted octanol–water partition coefficient (Wildman–Crippen LogP) is 4.18. The van der Waals surface area contributed by atoms with E-state index in [0.29, 0.717) is 12.0 Å². The van der Waals surface area contributed by atoms with Crippen LogP contribution in [-0.4, -0.2) is 27.1 Å². The molecule has 8 heteroatoms. The van der Waals surface area contributed by atoms with Crippen LogP contribution >= 0.6 is 0 Å². The Morgan fingerprint density at radius 3 is 2.04 bits per heavy atom. The monoisotopic (exact) mass is 355 g/mol. The van der Waals surface area contributed by atoms with Crippen LogP contribution in [0.5, 0.6) is 0 Å². The average Bonchev–Trinajstić information content (AvgIpc) is 3.00. The highest BCUT2D eigenvalue weighted by atomic mass is 19.2. The zero-order valence-electron chi connectivity index (χ0n) is 13.7. The number of carboxylic acid groups (broad SMARTS) is 2. The van der Waals surface area contributed by atoms with Crippen molar-refractivity contribution in [1.29, 1.82) is 0 Å². The second kappa shape index (κ2) is 6.27. The van der Waals surface area contributed by atoms with Gasteiger partial charge in [-0.05, 0) is 23.5 Å². The summed E-state index contributed by atoms with van der Waals surface area (Å²) in [6, 6.07) is 1.39. The Balaban J connectivity index is 2.80. The Morgan fingerprint density at radius 1 is 1.04 bits per heavy atom. The summed E-state index contributed by atoms with van der Waals surface area (Å²) < 4.78 is 43.0. The van der Waals surface area contributed by atoms with Gasteiger partial charge in [-0.2, -0.15) is 0 Å². The fraction of sp³-hybridized carbons (Fsp3) is 0.294. The van der Waals surface area contributed by atoms with E-state index in [0.717, 1.165) is 0 Å². The lowest BCUT2D eigenvalue weighted by molar-refractivity contribution is 0.0641. The van der Waals surface area contributed by atoms with Crippen LogP contribution in [0.25, 0.3) is 11.3 Å². The quantitative estimate of drug-likeness (QED) is 0.702. The van der Waals surface area contributed by atoms with Crippen LogP contribution < -0.4 is 0 Å². The van der Waals surface area contributed by atoms with Crippen LogP contribution in [0.3, 0.4) is 0 Å². The number of hydrogen-bond acceptors (Lipinski definition) is 2. The van der Waals surface area contributed by atoms with Crippen molar-refractivity contribution < 1.29 is 33.0 Å². The minimum atomic E-state index is -2.07. The van der Waals surface area contributed by atoms with Crippen LogP contribution in [0.1, 0.15) is 53.5 Å². The Labute approximate surface area is 141 Å². The number of benzene rings is 1. The molecule has 25 heavy (non-hydrogen) atoms. The molecule has 0 aliphatic carbocycles. The van der Waals surface area contributed by atoms with Gasteiger partial charge in [0.15, 0.2) is 17.5 Å². The zero-order valence-corrected chi connectivity index (χ0v) is 13.7. The first kappa shape index (κ1) is 18.6. The summed E-state index contributed by atoms with van der Waals surface area (Å²) in [5.41, 5.74) is -3.75. The van der Waals surface area contributed by atoms with Gasteiger partial charge in [0.2, 0.25) is 0 Å². The number of aromatic amines is 1. The fourth-order valence-corrected chi connectivity index (χ4v) is 2.43. The van der Waals surface area contributed by atoms with Crippen LogP contribution in [-0.2, 0) is 5.41 Å². The lowest BCUT2D eigenvalue weighted by Crippen LogP contribution is -2.16. The molecule has 0 fully saturated rings. The minimum Gasteiger partial charge on any atom is -0.478 e. The molecular formula is C17H16F3NO4. The molecule has 0 saturated heterocycles. The maximum atomic E-state index is 14.6. The Hall–Kier alpha value is -2.77. The standard InChI is InChI=1S/C17H16F3NO4/c1-4-17(2,3)7-5-8(21-6-7)9-12(18)10(15(22)23)11(16(24)25)14(20)13(9)19/h5-6,21H,4H2,1-3H3,(H,22,23)(H,24,25). The summed E-state index contributed by atoms with van der Waals surface area (Å²) in [7, 11) is 0. The third-order valence-corrected chi connectivity index (χ3v) is 4.37. The Bertz CT molecular complexity index is 871. The van der Waals surface area contributed by atoms with E-state index < -0.39 is 46.1 Å². The van der Waals surface area contributed by atoms with Gasteiger partial charge in [-0.3, -0.25) is 0 Å². The highest BCUT2D eigenvalue weighted by molar-refractivity contribution is 6.03. The van der Waals surface area contributed by atoms with Gasteiger partial charge in [0.05, 0.1) is 11.3 Å². The van der Waals surface area contributed by atoms with Crippen molar-refractivity contribution in [2.75, 3.05) is 0 Å². The summed E-state index contributed by atoms with van der Waals surface area (Å²) in [6.45, 7) is 5.70. The normalized spacial score (nSPS) is 11.6. The molecule has 2 aromatic rings. The molecule has 0 spiro atoms. The van der Waals surface area contributed by atoms with Crippen molar-refractivity contribution in [1.82, 2.24) is 4.98 Å². The van der Waals surface area contributed by atoms with Gasteiger partial charge in [-0.25, -0.2) is 22.8 Å². The van der Waals surface area contributed by atoms with Crippen LogP contribution in [0.2, 0.25) is 0 Å². The number of carbonyl (C=O) groups is 2.